The van der Waals surface area contributed by atoms with Gasteiger partial charge < -0.3 is 9.84 Å². The summed E-state index contributed by atoms with van der Waals surface area (Å²) in [7, 11) is 0. The molecule has 2 heterocycles. The lowest BCUT2D eigenvalue weighted by molar-refractivity contribution is -0.139. The number of fused-ring (bicyclic) bond motifs is 1. The number of aliphatic carboxylic acids is 1. The van der Waals surface area contributed by atoms with Gasteiger partial charge in [-0.05, 0) is 33.3 Å². The van der Waals surface area contributed by atoms with Crippen molar-refractivity contribution in [2.45, 2.75) is 38.7 Å². The van der Waals surface area contributed by atoms with Crippen LogP contribution in [-0.4, -0.2) is 50.4 Å². The van der Waals surface area contributed by atoms with Crippen LogP contribution in [0.1, 0.15) is 27.7 Å². The molecule has 2 aliphatic heterocycles. The number of carboxylic acid groups (broad SMARTS) is 1. The predicted octanol–water partition coefficient (Wildman–Crippen LogP) is 1.14. The first-order chi connectivity index (χ1) is 10.1. The second-order valence-electron chi connectivity index (χ2n) is 5.88. The molecule has 0 aromatic rings. The summed E-state index contributed by atoms with van der Waals surface area (Å²) >= 11 is 1.38. The van der Waals surface area contributed by atoms with E-state index in [4.69, 9.17) is 4.74 Å². The summed E-state index contributed by atoms with van der Waals surface area (Å²) in [5.41, 5.74) is 2.22. The van der Waals surface area contributed by atoms with E-state index in [1.807, 2.05) is 0 Å². The molecule has 0 bridgehead atoms. The second kappa shape index (κ2) is 5.64. The number of hydrazone groups is 1. The maximum absolute atomic E-state index is 12.0. The van der Waals surface area contributed by atoms with Crippen LogP contribution < -0.4 is 5.43 Å². The zero-order valence-corrected chi connectivity index (χ0v) is 13.5. The Labute approximate surface area is 131 Å². The van der Waals surface area contributed by atoms with Gasteiger partial charge in [0.15, 0.2) is 5.71 Å². The van der Waals surface area contributed by atoms with Crippen LogP contribution in [-0.2, 0) is 14.3 Å². The Morgan fingerprint density at radius 3 is 2.64 bits per heavy atom. The number of nitrogens with one attached hydrogen (secondary N) is 1. The monoisotopic (exact) mass is 327 g/mol. The lowest BCUT2D eigenvalue weighted by Crippen LogP contribution is -2.62. The molecule has 0 spiro atoms. The highest BCUT2D eigenvalue weighted by Crippen LogP contribution is 2.38. The minimum Gasteiger partial charge on any atom is -0.477 e. The van der Waals surface area contributed by atoms with Crippen LogP contribution in [0.3, 0.4) is 0 Å². The summed E-state index contributed by atoms with van der Waals surface area (Å²) in [5.74, 6) is -1.18. The average Bonchev–Trinajstić information content (AvgIpc) is 2.36. The number of ether oxygens (including phenoxy) is 1. The number of carbonyl (C=O) groups excluding carboxylic acids is 2. The van der Waals surface area contributed by atoms with E-state index in [1.54, 1.807) is 27.7 Å². The van der Waals surface area contributed by atoms with Crippen molar-refractivity contribution in [1.82, 2.24) is 10.3 Å². The molecule has 2 aliphatic rings. The summed E-state index contributed by atoms with van der Waals surface area (Å²) in [6, 6.07) is 0. The van der Waals surface area contributed by atoms with E-state index in [9.17, 15) is 19.5 Å². The third kappa shape index (κ3) is 3.08. The largest absolute Gasteiger partial charge is 0.477 e. The number of rotatable bonds is 2. The highest BCUT2D eigenvalue weighted by Gasteiger charge is 2.51. The number of amides is 2. The van der Waals surface area contributed by atoms with Crippen LogP contribution >= 0.6 is 11.8 Å². The van der Waals surface area contributed by atoms with Crippen LogP contribution in [0.25, 0.3) is 0 Å². The minimum atomic E-state index is -1.14. The molecule has 0 radical (unpaired) electrons. The van der Waals surface area contributed by atoms with Gasteiger partial charge in [0, 0.05) is 5.75 Å². The fourth-order valence-electron chi connectivity index (χ4n) is 2.04. The van der Waals surface area contributed by atoms with E-state index in [-0.39, 0.29) is 11.4 Å². The van der Waals surface area contributed by atoms with E-state index >= 15 is 0 Å². The topological polar surface area (TPSA) is 108 Å². The lowest BCUT2D eigenvalue weighted by Gasteiger charge is -2.43. The minimum absolute atomic E-state index is 0.00929. The molecule has 0 aromatic heterocycles. The number of carboxylic acids is 1. The van der Waals surface area contributed by atoms with Crippen LogP contribution in [0.2, 0.25) is 0 Å². The lowest BCUT2D eigenvalue weighted by atomic mass is 10.1. The molecule has 120 valence electrons. The van der Waals surface area contributed by atoms with Crippen molar-refractivity contribution in [3.8, 4) is 0 Å². The quantitative estimate of drug-likeness (QED) is 0.581. The molecule has 1 fully saturated rings. The summed E-state index contributed by atoms with van der Waals surface area (Å²) < 4.78 is 5.01. The Balaban J connectivity index is 2.09. The van der Waals surface area contributed by atoms with E-state index in [1.165, 1.54) is 16.7 Å². The van der Waals surface area contributed by atoms with Crippen molar-refractivity contribution in [2.24, 2.45) is 5.10 Å². The Kier molecular flexibility index (Phi) is 4.19. The number of hydrogen-bond acceptors (Lipinski definition) is 6. The Bertz CT molecular complexity index is 605. The summed E-state index contributed by atoms with van der Waals surface area (Å²) in [6.45, 7) is 6.80. The van der Waals surface area contributed by atoms with Gasteiger partial charge in [0.1, 0.15) is 16.7 Å². The van der Waals surface area contributed by atoms with Gasteiger partial charge in [-0.1, -0.05) is 0 Å². The van der Waals surface area contributed by atoms with Crippen molar-refractivity contribution in [1.29, 1.82) is 0 Å². The Morgan fingerprint density at radius 2 is 2.09 bits per heavy atom. The second-order valence-corrected chi connectivity index (χ2v) is 6.95. The van der Waals surface area contributed by atoms with Gasteiger partial charge in [-0.25, -0.2) is 15.0 Å². The van der Waals surface area contributed by atoms with Crippen molar-refractivity contribution >= 4 is 35.4 Å². The molecule has 2 amide bonds. The summed E-state index contributed by atoms with van der Waals surface area (Å²) in [5, 5.41) is 12.5. The SMILES string of the molecule is CC1=C(C(=O)O)N2C(=O)/C(=N\NC(=O)OC(C)(C)C)[C@@H]2SC1. The third-order valence-electron chi connectivity index (χ3n) is 2.88. The van der Waals surface area contributed by atoms with E-state index in [0.29, 0.717) is 11.3 Å². The fraction of sp³-hybridized carbons (Fsp3) is 0.538. The van der Waals surface area contributed by atoms with Crippen molar-refractivity contribution < 1.29 is 24.2 Å². The molecule has 0 unspecified atom stereocenters. The summed E-state index contributed by atoms with van der Waals surface area (Å²) in [4.78, 5) is 36.0. The maximum atomic E-state index is 12.0. The molecular weight excluding hydrogens is 310 g/mol. The Morgan fingerprint density at radius 1 is 1.45 bits per heavy atom. The first-order valence-corrected chi connectivity index (χ1v) is 7.61. The fourth-order valence-corrected chi connectivity index (χ4v) is 3.24. The molecule has 1 saturated heterocycles. The van der Waals surface area contributed by atoms with Crippen molar-refractivity contribution in [3.63, 3.8) is 0 Å². The zero-order valence-electron chi connectivity index (χ0n) is 12.7. The highest BCUT2D eigenvalue weighted by atomic mass is 32.2. The van der Waals surface area contributed by atoms with E-state index in [2.05, 4.69) is 10.5 Å². The number of nitrogens with zero attached hydrogens (tertiary/aromatic N) is 2. The van der Waals surface area contributed by atoms with Gasteiger partial charge in [0.05, 0.1) is 0 Å². The Hall–Kier alpha value is -2.03. The maximum Gasteiger partial charge on any atom is 0.428 e. The smallest absolute Gasteiger partial charge is 0.428 e. The highest BCUT2D eigenvalue weighted by molar-refractivity contribution is 8.01. The molecule has 2 N–H and O–H groups in total. The van der Waals surface area contributed by atoms with Gasteiger partial charge in [-0.3, -0.25) is 9.69 Å². The van der Waals surface area contributed by atoms with Crippen LogP contribution in [0.15, 0.2) is 16.4 Å². The molecule has 8 nitrogen and oxygen atoms in total. The number of β-lactam (4-membered cyclic amide) rings is 1. The molecule has 0 aliphatic carbocycles. The first kappa shape index (κ1) is 16.3. The number of carbonyl (C=O) groups is 3. The van der Waals surface area contributed by atoms with Crippen LogP contribution in [0.4, 0.5) is 4.79 Å². The van der Waals surface area contributed by atoms with Gasteiger partial charge in [0.25, 0.3) is 5.91 Å². The number of thioether (sulfide) groups is 1. The van der Waals surface area contributed by atoms with Gasteiger partial charge >= 0.3 is 12.1 Å². The standard InChI is InChI=1S/C13H17N3O5S/c1-6-5-22-10-7(9(17)16(10)8(6)11(18)19)14-15-12(20)21-13(2,3)4/h10H,5H2,1-4H3,(H,15,20)(H,18,19)/b14-7+/t10-/m0/s1. The van der Waals surface area contributed by atoms with E-state index < -0.39 is 28.9 Å². The molecule has 1 atom stereocenters. The van der Waals surface area contributed by atoms with Crippen LogP contribution in [0, 0.1) is 0 Å². The molecule has 0 aromatic carbocycles. The normalized spacial score (nSPS) is 23.1. The number of hydrogen-bond donors (Lipinski definition) is 2. The van der Waals surface area contributed by atoms with E-state index in [0.717, 1.165) is 0 Å². The van der Waals surface area contributed by atoms with Crippen LogP contribution in [0.5, 0.6) is 0 Å². The first-order valence-electron chi connectivity index (χ1n) is 6.56. The van der Waals surface area contributed by atoms with Gasteiger partial charge in [-0.2, -0.15) is 5.10 Å². The third-order valence-corrected chi connectivity index (χ3v) is 4.23. The molecule has 9 heteroatoms. The molecule has 0 saturated carbocycles. The van der Waals surface area contributed by atoms with Gasteiger partial charge in [-0.15, -0.1) is 11.8 Å². The predicted molar refractivity (Wildman–Crippen MR) is 80.2 cm³/mol. The van der Waals surface area contributed by atoms with Crippen molar-refractivity contribution in [2.75, 3.05) is 5.75 Å². The van der Waals surface area contributed by atoms with Crippen molar-refractivity contribution in [3.05, 3.63) is 11.3 Å². The molecule has 2 rings (SSSR count). The molecular formula is C13H17N3O5S. The summed E-state index contributed by atoms with van der Waals surface area (Å²) in [6.07, 6.45) is -0.766. The van der Waals surface area contributed by atoms with Gasteiger partial charge in [0.2, 0.25) is 0 Å². The molecule has 22 heavy (non-hydrogen) atoms. The zero-order chi connectivity index (χ0) is 16.7. The average molecular weight is 327 g/mol.